The molecule has 0 bridgehead atoms. The van der Waals surface area contributed by atoms with Crippen LogP contribution in [0.3, 0.4) is 0 Å². The van der Waals surface area contributed by atoms with Gasteiger partial charge in [-0.3, -0.25) is 4.79 Å². The molecule has 1 aliphatic carbocycles. The zero-order chi connectivity index (χ0) is 22.5. The normalized spacial score (nSPS) is 25.9. The van der Waals surface area contributed by atoms with E-state index < -0.39 is 12.2 Å². The molecule has 6 atom stereocenters. The molecule has 0 saturated heterocycles. The van der Waals surface area contributed by atoms with E-state index in [1.54, 1.807) is 25.9 Å². The first-order chi connectivity index (χ1) is 14.8. The van der Waals surface area contributed by atoms with Gasteiger partial charge in [0.1, 0.15) is 11.9 Å². The molecule has 1 fully saturated rings. The Balaban J connectivity index is 1.72. The van der Waals surface area contributed by atoms with E-state index in [0.29, 0.717) is 19.3 Å². The minimum Gasteiger partial charge on any atom is -0.489 e. The van der Waals surface area contributed by atoms with Gasteiger partial charge < -0.3 is 19.8 Å². The molecular formula is C26H35NO4. The van der Waals surface area contributed by atoms with Crippen LogP contribution in [0.1, 0.15) is 56.6 Å². The highest BCUT2D eigenvalue weighted by Gasteiger charge is 2.48. The Bertz CT molecular complexity index is 866. The van der Waals surface area contributed by atoms with Crippen molar-refractivity contribution in [1.29, 1.82) is 0 Å². The number of fused-ring (bicyclic) bond motifs is 3. The van der Waals surface area contributed by atoms with Gasteiger partial charge in [0, 0.05) is 50.8 Å². The van der Waals surface area contributed by atoms with E-state index in [2.05, 4.69) is 24.0 Å². The van der Waals surface area contributed by atoms with E-state index in [0.717, 1.165) is 29.7 Å². The molecule has 0 aromatic heterocycles. The van der Waals surface area contributed by atoms with Gasteiger partial charge in [-0.2, -0.15) is 0 Å². The summed E-state index contributed by atoms with van der Waals surface area (Å²) in [6, 6.07) is 6.20. The minimum absolute atomic E-state index is 0.0432. The van der Waals surface area contributed by atoms with E-state index in [9.17, 15) is 15.0 Å². The SMILES string of the molecule is CC#CC[C@@H](C)[C@H](O)/C=C/[C@@H]1[C@H]2c3cccc(CCCC(=O)N(C)C)c3O[C@H]2C[C@H]1O. The molecule has 168 valence electrons. The smallest absolute Gasteiger partial charge is 0.222 e. The Morgan fingerprint density at radius 2 is 2.16 bits per heavy atom. The maximum atomic E-state index is 11.9. The molecule has 1 heterocycles. The summed E-state index contributed by atoms with van der Waals surface area (Å²) in [5.41, 5.74) is 2.26. The number of hydrogen-bond acceptors (Lipinski definition) is 4. The molecule has 1 aliphatic heterocycles. The fraction of sp³-hybridized carbons (Fsp3) is 0.577. The Morgan fingerprint density at radius 3 is 2.87 bits per heavy atom. The number of carbonyl (C=O) groups is 1. The molecule has 5 heteroatoms. The number of carbonyl (C=O) groups excluding carboxylic acids is 1. The van der Waals surface area contributed by atoms with Crippen LogP contribution in [0.2, 0.25) is 0 Å². The average Bonchev–Trinajstić information content (AvgIpc) is 3.25. The van der Waals surface area contributed by atoms with Crippen molar-refractivity contribution in [1.82, 2.24) is 4.90 Å². The van der Waals surface area contributed by atoms with Gasteiger partial charge in [-0.05, 0) is 31.2 Å². The van der Waals surface area contributed by atoms with E-state index >= 15 is 0 Å². The summed E-state index contributed by atoms with van der Waals surface area (Å²) < 4.78 is 6.31. The Labute approximate surface area is 186 Å². The lowest BCUT2D eigenvalue weighted by Gasteiger charge is -2.19. The van der Waals surface area contributed by atoms with Crippen molar-refractivity contribution in [2.45, 2.75) is 70.2 Å². The summed E-state index contributed by atoms with van der Waals surface area (Å²) in [6.45, 7) is 3.78. The van der Waals surface area contributed by atoms with Crippen LogP contribution >= 0.6 is 0 Å². The van der Waals surface area contributed by atoms with Crippen LogP contribution in [0, 0.1) is 23.7 Å². The van der Waals surface area contributed by atoms with Crippen molar-refractivity contribution in [3.05, 3.63) is 41.5 Å². The largest absolute Gasteiger partial charge is 0.489 e. The number of aryl methyl sites for hydroxylation is 1. The van der Waals surface area contributed by atoms with Crippen LogP contribution in [0.15, 0.2) is 30.4 Å². The molecule has 2 N–H and O–H groups in total. The number of hydrogen-bond donors (Lipinski definition) is 2. The highest BCUT2D eigenvalue weighted by atomic mass is 16.5. The van der Waals surface area contributed by atoms with E-state index in [1.807, 2.05) is 25.1 Å². The minimum atomic E-state index is -0.588. The van der Waals surface area contributed by atoms with E-state index in [-0.39, 0.29) is 29.8 Å². The van der Waals surface area contributed by atoms with Gasteiger partial charge >= 0.3 is 0 Å². The number of para-hydroxylation sites is 1. The Kier molecular flexibility index (Phi) is 7.80. The topological polar surface area (TPSA) is 70.0 Å². The first-order valence-corrected chi connectivity index (χ1v) is 11.3. The second-order valence-corrected chi connectivity index (χ2v) is 9.02. The second kappa shape index (κ2) is 10.3. The molecule has 1 aromatic rings. The van der Waals surface area contributed by atoms with Gasteiger partial charge in [-0.25, -0.2) is 0 Å². The average molecular weight is 426 g/mol. The Hall–Kier alpha value is -2.29. The monoisotopic (exact) mass is 425 g/mol. The molecule has 1 saturated carbocycles. The van der Waals surface area contributed by atoms with Crippen molar-refractivity contribution in [2.24, 2.45) is 11.8 Å². The third-order valence-electron chi connectivity index (χ3n) is 6.54. The number of rotatable bonds is 8. The lowest BCUT2D eigenvalue weighted by molar-refractivity contribution is -0.128. The maximum Gasteiger partial charge on any atom is 0.222 e. The standard InChI is InChI=1S/C26H35NO4/c1-5-6-9-17(2)21(28)15-14-19-22(29)16-23-25(19)20-12-7-10-18(26(20)31-23)11-8-13-24(30)27(3)4/h7,10,12,14-15,17,19,21-23,25,28-29H,8-9,11,13,16H2,1-4H3/b15-14+/t17-,19+,21-,22-,23+,25+/m1/s1. The van der Waals surface area contributed by atoms with Gasteiger partial charge in [0.15, 0.2) is 0 Å². The summed E-state index contributed by atoms with van der Waals surface area (Å²) in [5.74, 6) is 6.98. The van der Waals surface area contributed by atoms with E-state index in [4.69, 9.17) is 4.74 Å². The maximum absolute atomic E-state index is 11.9. The van der Waals surface area contributed by atoms with Crippen LogP contribution in [0.25, 0.3) is 0 Å². The number of aliphatic hydroxyl groups excluding tert-OH is 2. The predicted molar refractivity (Wildman–Crippen MR) is 122 cm³/mol. The molecule has 2 aliphatic rings. The van der Waals surface area contributed by atoms with Crippen LogP contribution in [-0.4, -0.2) is 53.4 Å². The molecule has 1 aromatic carbocycles. The zero-order valence-corrected chi connectivity index (χ0v) is 19.0. The summed E-state index contributed by atoms with van der Waals surface area (Å²) in [4.78, 5) is 13.5. The molecule has 3 rings (SSSR count). The van der Waals surface area contributed by atoms with Gasteiger partial charge in [0.05, 0.1) is 12.2 Å². The molecule has 0 spiro atoms. The summed E-state index contributed by atoms with van der Waals surface area (Å²) >= 11 is 0. The number of ether oxygens (including phenoxy) is 1. The fourth-order valence-corrected chi connectivity index (χ4v) is 4.63. The zero-order valence-electron chi connectivity index (χ0n) is 19.0. The number of aliphatic hydroxyl groups is 2. The summed E-state index contributed by atoms with van der Waals surface area (Å²) in [6.07, 6.45) is 5.98. The quantitative estimate of drug-likeness (QED) is 0.495. The third-order valence-corrected chi connectivity index (χ3v) is 6.54. The van der Waals surface area contributed by atoms with Crippen molar-refractivity contribution < 1.29 is 19.7 Å². The highest BCUT2D eigenvalue weighted by Crippen LogP contribution is 2.52. The van der Waals surface area contributed by atoms with Gasteiger partial charge in [-0.15, -0.1) is 11.8 Å². The first kappa shape index (κ1) is 23.4. The van der Waals surface area contributed by atoms with Gasteiger partial charge in [0.25, 0.3) is 0 Å². The van der Waals surface area contributed by atoms with Crippen molar-refractivity contribution in [2.75, 3.05) is 14.1 Å². The fourth-order valence-electron chi connectivity index (χ4n) is 4.63. The third kappa shape index (κ3) is 5.31. The van der Waals surface area contributed by atoms with Crippen LogP contribution in [-0.2, 0) is 11.2 Å². The van der Waals surface area contributed by atoms with Crippen molar-refractivity contribution in [3.63, 3.8) is 0 Å². The molecule has 31 heavy (non-hydrogen) atoms. The summed E-state index contributed by atoms with van der Waals surface area (Å²) in [5, 5.41) is 21.1. The van der Waals surface area contributed by atoms with E-state index in [1.165, 1.54) is 0 Å². The lowest BCUT2D eigenvalue weighted by Crippen LogP contribution is -2.21. The number of amides is 1. The first-order valence-electron chi connectivity index (χ1n) is 11.3. The molecule has 0 unspecified atom stereocenters. The molecular weight excluding hydrogens is 390 g/mol. The van der Waals surface area contributed by atoms with Gasteiger partial charge in [-0.1, -0.05) is 37.3 Å². The number of nitrogens with zero attached hydrogens (tertiary/aromatic N) is 1. The summed E-state index contributed by atoms with van der Waals surface area (Å²) in [7, 11) is 3.56. The van der Waals surface area contributed by atoms with Crippen molar-refractivity contribution in [3.8, 4) is 17.6 Å². The predicted octanol–water partition coefficient (Wildman–Crippen LogP) is 3.29. The van der Waals surface area contributed by atoms with Crippen LogP contribution in [0.5, 0.6) is 5.75 Å². The van der Waals surface area contributed by atoms with Crippen LogP contribution in [0.4, 0.5) is 0 Å². The van der Waals surface area contributed by atoms with Crippen molar-refractivity contribution >= 4 is 5.91 Å². The second-order valence-electron chi connectivity index (χ2n) is 9.02. The Morgan fingerprint density at radius 1 is 1.39 bits per heavy atom. The number of benzene rings is 1. The molecule has 5 nitrogen and oxygen atoms in total. The molecule has 0 radical (unpaired) electrons. The highest BCUT2D eigenvalue weighted by molar-refractivity contribution is 5.75. The lowest BCUT2D eigenvalue weighted by atomic mass is 9.86. The van der Waals surface area contributed by atoms with Crippen LogP contribution < -0.4 is 4.74 Å². The molecule has 1 amide bonds. The van der Waals surface area contributed by atoms with Gasteiger partial charge in [0.2, 0.25) is 5.91 Å².